The van der Waals surface area contributed by atoms with Gasteiger partial charge >= 0.3 is 17.8 Å². The van der Waals surface area contributed by atoms with Crippen molar-refractivity contribution in [3.05, 3.63) is 66.1 Å². The molecule has 0 bridgehead atoms. The van der Waals surface area contributed by atoms with Gasteiger partial charge in [0.15, 0.2) is 11.6 Å². The number of hydrogen-bond donors (Lipinski definition) is 2. The van der Waals surface area contributed by atoms with E-state index in [1.807, 2.05) is 0 Å². The Morgan fingerprint density at radius 3 is 2.74 bits per heavy atom. The molecule has 2 aromatic carbocycles. The first kappa shape index (κ1) is 14.6. The van der Waals surface area contributed by atoms with Crippen LogP contribution in [0.2, 0.25) is 0 Å². The number of nitrogens with zero attached hydrogens (tertiary/aromatic N) is 2. The van der Waals surface area contributed by atoms with Crippen LogP contribution in [0.1, 0.15) is 10.7 Å². The maximum absolute atomic E-state index is 13.1. The van der Waals surface area contributed by atoms with Crippen LogP contribution in [-0.2, 0) is 0 Å². The SMILES string of the molecule is O=C(Nc1c[c]ccc1)c1nnc(Nc2ccc(F)c(F)c2)o1. The van der Waals surface area contributed by atoms with Gasteiger partial charge in [-0.25, -0.2) is 8.78 Å². The molecule has 0 saturated heterocycles. The molecule has 1 aromatic heterocycles. The van der Waals surface area contributed by atoms with Crippen LogP contribution >= 0.6 is 0 Å². The topological polar surface area (TPSA) is 80.0 Å². The van der Waals surface area contributed by atoms with Crippen molar-refractivity contribution in [2.24, 2.45) is 0 Å². The van der Waals surface area contributed by atoms with E-state index in [9.17, 15) is 13.6 Å². The van der Waals surface area contributed by atoms with Crippen LogP contribution in [0.3, 0.4) is 0 Å². The Kier molecular flexibility index (Phi) is 3.96. The largest absolute Gasteiger partial charge is 0.399 e. The van der Waals surface area contributed by atoms with E-state index in [1.54, 1.807) is 24.3 Å². The molecule has 3 aromatic rings. The summed E-state index contributed by atoms with van der Waals surface area (Å²) in [5.41, 5.74) is 0.725. The number of carbonyl (C=O) groups is 1. The Labute approximate surface area is 129 Å². The second-order valence-corrected chi connectivity index (χ2v) is 4.41. The van der Waals surface area contributed by atoms with E-state index in [4.69, 9.17) is 4.42 Å². The molecule has 115 valence electrons. The van der Waals surface area contributed by atoms with E-state index in [0.717, 1.165) is 12.1 Å². The molecule has 23 heavy (non-hydrogen) atoms. The second kappa shape index (κ2) is 6.22. The summed E-state index contributed by atoms with van der Waals surface area (Å²) < 4.78 is 31.1. The molecule has 3 rings (SSSR count). The van der Waals surface area contributed by atoms with Crippen molar-refractivity contribution in [3.63, 3.8) is 0 Å². The lowest BCUT2D eigenvalue weighted by Crippen LogP contribution is -2.12. The number of rotatable bonds is 4. The first-order valence-corrected chi connectivity index (χ1v) is 6.45. The molecule has 0 atom stereocenters. The normalized spacial score (nSPS) is 10.3. The number of nitrogens with one attached hydrogen (secondary N) is 2. The highest BCUT2D eigenvalue weighted by Crippen LogP contribution is 2.18. The number of amides is 1. The first-order valence-electron chi connectivity index (χ1n) is 6.45. The standard InChI is InChI=1S/C15H9F2N4O2/c16-11-7-6-10(8-12(11)17)19-15-21-20-14(23-15)13(22)18-9-4-2-1-3-5-9/h1-2,4-8H,(H,18,22)(H,19,21). The Bertz CT molecular complexity index is 837. The number of aromatic nitrogens is 2. The molecule has 0 saturated carbocycles. The van der Waals surface area contributed by atoms with E-state index in [1.165, 1.54) is 6.07 Å². The van der Waals surface area contributed by atoms with Crippen LogP contribution in [0.15, 0.2) is 46.9 Å². The van der Waals surface area contributed by atoms with Crippen molar-refractivity contribution in [2.45, 2.75) is 0 Å². The Morgan fingerprint density at radius 1 is 1.13 bits per heavy atom. The van der Waals surface area contributed by atoms with Gasteiger partial charge in [0, 0.05) is 17.4 Å². The van der Waals surface area contributed by atoms with Crippen molar-refractivity contribution in [1.29, 1.82) is 0 Å². The van der Waals surface area contributed by atoms with E-state index in [2.05, 4.69) is 26.9 Å². The number of carbonyl (C=O) groups excluding carboxylic acids is 1. The van der Waals surface area contributed by atoms with Crippen molar-refractivity contribution in [3.8, 4) is 0 Å². The van der Waals surface area contributed by atoms with Gasteiger partial charge in [-0.2, -0.15) is 0 Å². The summed E-state index contributed by atoms with van der Waals surface area (Å²) in [5, 5.41) is 12.3. The van der Waals surface area contributed by atoms with Crippen LogP contribution in [0.25, 0.3) is 0 Å². The zero-order chi connectivity index (χ0) is 16.2. The van der Waals surface area contributed by atoms with Crippen LogP contribution in [-0.4, -0.2) is 16.1 Å². The molecule has 0 aliphatic carbocycles. The third kappa shape index (κ3) is 3.49. The monoisotopic (exact) mass is 315 g/mol. The number of hydrogen-bond acceptors (Lipinski definition) is 5. The van der Waals surface area contributed by atoms with Crippen molar-refractivity contribution >= 4 is 23.3 Å². The maximum atomic E-state index is 13.1. The minimum Gasteiger partial charge on any atom is -0.399 e. The molecule has 0 fully saturated rings. The molecule has 0 unspecified atom stereocenters. The number of halogens is 2. The van der Waals surface area contributed by atoms with Gasteiger partial charge in [0.2, 0.25) is 0 Å². The van der Waals surface area contributed by atoms with Gasteiger partial charge in [0.25, 0.3) is 0 Å². The lowest BCUT2D eigenvalue weighted by molar-refractivity contribution is 0.0991. The maximum Gasteiger partial charge on any atom is 0.320 e. The van der Waals surface area contributed by atoms with Crippen LogP contribution in [0, 0.1) is 17.7 Å². The summed E-state index contributed by atoms with van der Waals surface area (Å²) in [7, 11) is 0. The van der Waals surface area contributed by atoms with Gasteiger partial charge in [-0.3, -0.25) is 4.79 Å². The molecule has 1 radical (unpaired) electrons. The molecular weight excluding hydrogens is 306 g/mol. The summed E-state index contributed by atoms with van der Waals surface area (Å²) in [5.74, 6) is -2.87. The van der Waals surface area contributed by atoms with Gasteiger partial charge in [0.1, 0.15) is 0 Å². The third-order valence-corrected chi connectivity index (χ3v) is 2.76. The van der Waals surface area contributed by atoms with Crippen LogP contribution in [0.4, 0.5) is 26.2 Å². The van der Waals surface area contributed by atoms with Gasteiger partial charge in [-0.05, 0) is 30.3 Å². The molecule has 6 nitrogen and oxygen atoms in total. The average molecular weight is 315 g/mol. The molecule has 0 aliphatic heterocycles. The highest BCUT2D eigenvalue weighted by Gasteiger charge is 2.15. The van der Waals surface area contributed by atoms with Crippen LogP contribution in [0.5, 0.6) is 0 Å². The second-order valence-electron chi connectivity index (χ2n) is 4.41. The fourth-order valence-electron chi connectivity index (χ4n) is 1.72. The lowest BCUT2D eigenvalue weighted by Gasteiger charge is -2.02. The fraction of sp³-hybridized carbons (Fsp3) is 0. The minimum absolute atomic E-state index is 0.124. The summed E-state index contributed by atoms with van der Waals surface area (Å²) in [6.07, 6.45) is 0. The van der Waals surface area contributed by atoms with Crippen molar-refractivity contribution < 1.29 is 18.0 Å². The minimum atomic E-state index is -1.02. The summed E-state index contributed by atoms with van der Waals surface area (Å²) in [4.78, 5) is 11.9. The molecule has 1 amide bonds. The molecule has 0 spiro atoms. The Balaban J connectivity index is 1.70. The average Bonchev–Trinajstić information content (AvgIpc) is 3.01. The van der Waals surface area contributed by atoms with E-state index in [-0.39, 0.29) is 17.6 Å². The van der Waals surface area contributed by atoms with Crippen LogP contribution < -0.4 is 10.6 Å². The third-order valence-electron chi connectivity index (χ3n) is 2.76. The molecule has 2 N–H and O–H groups in total. The predicted molar refractivity (Wildman–Crippen MR) is 77.2 cm³/mol. The summed E-state index contributed by atoms with van der Waals surface area (Å²) in [6.45, 7) is 0. The van der Waals surface area contributed by atoms with Crippen molar-refractivity contribution in [2.75, 3.05) is 10.6 Å². The molecule has 1 heterocycles. The van der Waals surface area contributed by atoms with Gasteiger partial charge < -0.3 is 15.1 Å². The predicted octanol–water partition coefficient (Wildman–Crippen LogP) is 3.14. The van der Waals surface area contributed by atoms with E-state index < -0.39 is 17.5 Å². The van der Waals surface area contributed by atoms with Gasteiger partial charge in [-0.15, -0.1) is 5.10 Å². The first-order chi connectivity index (χ1) is 11.1. The van der Waals surface area contributed by atoms with Crippen molar-refractivity contribution in [1.82, 2.24) is 10.2 Å². The van der Waals surface area contributed by atoms with Gasteiger partial charge in [-0.1, -0.05) is 17.2 Å². The zero-order valence-corrected chi connectivity index (χ0v) is 11.5. The quantitative estimate of drug-likeness (QED) is 0.773. The molecule has 8 heteroatoms. The molecule has 0 aliphatic rings. The number of anilines is 3. The van der Waals surface area contributed by atoms with E-state index >= 15 is 0 Å². The highest BCUT2D eigenvalue weighted by molar-refractivity contribution is 6.00. The zero-order valence-electron chi connectivity index (χ0n) is 11.5. The number of benzene rings is 2. The fourth-order valence-corrected chi connectivity index (χ4v) is 1.72. The Hall–Kier alpha value is -3.29. The van der Waals surface area contributed by atoms with Gasteiger partial charge in [0.05, 0.1) is 0 Å². The smallest absolute Gasteiger partial charge is 0.320 e. The molecular formula is C15H9F2N4O2. The highest BCUT2D eigenvalue weighted by atomic mass is 19.2. The summed E-state index contributed by atoms with van der Waals surface area (Å²) >= 11 is 0. The van der Waals surface area contributed by atoms with E-state index in [0.29, 0.717) is 5.69 Å². The summed E-state index contributed by atoms with van der Waals surface area (Å²) in [6, 6.07) is 12.5. The lowest BCUT2D eigenvalue weighted by atomic mass is 10.3. The Morgan fingerprint density at radius 2 is 2.00 bits per heavy atom.